The van der Waals surface area contributed by atoms with Gasteiger partial charge in [0.15, 0.2) is 5.82 Å². The molecule has 26 heavy (non-hydrogen) atoms. The molecule has 1 aromatic heterocycles. The van der Waals surface area contributed by atoms with Gasteiger partial charge in [0, 0.05) is 32.6 Å². The zero-order valence-corrected chi connectivity index (χ0v) is 16.6. The van der Waals surface area contributed by atoms with Crippen LogP contribution in [0.4, 0.5) is 17.3 Å². The highest BCUT2D eigenvalue weighted by molar-refractivity contribution is 5.94. The summed E-state index contributed by atoms with van der Waals surface area (Å²) in [6.45, 7) is 13.5. The van der Waals surface area contributed by atoms with Crippen LogP contribution >= 0.6 is 0 Å². The van der Waals surface area contributed by atoms with Gasteiger partial charge in [-0.05, 0) is 36.8 Å². The SMILES string of the molecule is Cc1cc(NC(=O)CC(C)(C)C)c(N2CCCC2)nc1N1CCOCC1. The van der Waals surface area contributed by atoms with Crippen molar-refractivity contribution in [1.29, 1.82) is 0 Å². The number of rotatable bonds is 4. The van der Waals surface area contributed by atoms with Crippen molar-refractivity contribution in [3.63, 3.8) is 0 Å². The molecule has 0 aliphatic carbocycles. The first-order chi connectivity index (χ1) is 12.3. The van der Waals surface area contributed by atoms with Gasteiger partial charge < -0.3 is 19.9 Å². The van der Waals surface area contributed by atoms with Gasteiger partial charge in [0.1, 0.15) is 5.82 Å². The Morgan fingerprint density at radius 3 is 2.35 bits per heavy atom. The fourth-order valence-electron chi connectivity index (χ4n) is 3.63. The maximum absolute atomic E-state index is 12.5. The molecule has 0 aromatic carbocycles. The molecule has 1 aromatic rings. The molecule has 6 nitrogen and oxygen atoms in total. The fourth-order valence-corrected chi connectivity index (χ4v) is 3.63. The van der Waals surface area contributed by atoms with E-state index in [-0.39, 0.29) is 11.3 Å². The Morgan fingerprint density at radius 1 is 1.12 bits per heavy atom. The molecule has 2 saturated heterocycles. The van der Waals surface area contributed by atoms with Crippen molar-refractivity contribution in [3.05, 3.63) is 11.6 Å². The Hall–Kier alpha value is -1.82. The van der Waals surface area contributed by atoms with Crippen LogP contribution in [0, 0.1) is 12.3 Å². The highest BCUT2D eigenvalue weighted by Crippen LogP contribution is 2.33. The van der Waals surface area contributed by atoms with Crippen molar-refractivity contribution in [2.45, 2.75) is 47.0 Å². The first-order valence-corrected chi connectivity index (χ1v) is 9.73. The Morgan fingerprint density at radius 2 is 1.73 bits per heavy atom. The van der Waals surface area contributed by atoms with Gasteiger partial charge in [-0.3, -0.25) is 4.79 Å². The standard InChI is InChI=1S/C20H32N4O2/c1-15-13-16(21-17(25)14-20(2,3)4)19(23-7-5-6-8-23)22-18(15)24-9-11-26-12-10-24/h13H,5-12,14H2,1-4H3,(H,21,25). The number of amides is 1. The third-order valence-corrected chi connectivity index (χ3v) is 4.85. The molecule has 2 fully saturated rings. The summed E-state index contributed by atoms with van der Waals surface area (Å²) in [5.41, 5.74) is 1.91. The minimum Gasteiger partial charge on any atom is -0.378 e. The van der Waals surface area contributed by atoms with Crippen molar-refractivity contribution in [1.82, 2.24) is 4.98 Å². The van der Waals surface area contributed by atoms with Crippen LogP contribution < -0.4 is 15.1 Å². The molecule has 6 heteroatoms. The molecule has 0 radical (unpaired) electrons. The lowest BCUT2D eigenvalue weighted by molar-refractivity contribution is -0.117. The molecular formula is C20H32N4O2. The van der Waals surface area contributed by atoms with Crippen LogP contribution in [0.25, 0.3) is 0 Å². The molecule has 0 unspecified atom stereocenters. The molecule has 0 bridgehead atoms. The van der Waals surface area contributed by atoms with Gasteiger partial charge in [0.2, 0.25) is 5.91 Å². The topological polar surface area (TPSA) is 57.7 Å². The number of nitrogens with one attached hydrogen (secondary N) is 1. The van der Waals surface area contributed by atoms with E-state index in [9.17, 15) is 4.79 Å². The van der Waals surface area contributed by atoms with Gasteiger partial charge >= 0.3 is 0 Å². The third-order valence-electron chi connectivity index (χ3n) is 4.85. The molecule has 1 N–H and O–H groups in total. The highest BCUT2D eigenvalue weighted by atomic mass is 16.5. The number of hydrogen-bond acceptors (Lipinski definition) is 5. The van der Waals surface area contributed by atoms with Gasteiger partial charge in [-0.2, -0.15) is 0 Å². The second kappa shape index (κ2) is 7.82. The first kappa shape index (κ1) is 19.0. The van der Waals surface area contributed by atoms with Crippen molar-refractivity contribution in [2.24, 2.45) is 5.41 Å². The number of carbonyl (C=O) groups excluding carboxylic acids is 1. The van der Waals surface area contributed by atoms with Crippen LogP contribution in [0.15, 0.2) is 6.07 Å². The van der Waals surface area contributed by atoms with Crippen LogP contribution in [0.3, 0.4) is 0 Å². The zero-order chi connectivity index (χ0) is 18.7. The van der Waals surface area contributed by atoms with E-state index in [0.29, 0.717) is 6.42 Å². The van der Waals surface area contributed by atoms with Gasteiger partial charge in [-0.15, -0.1) is 0 Å². The van der Waals surface area contributed by atoms with Crippen molar-refractivity contribution in [3.8, 4) is 0 Å². The summed E-state index contributed by atoms with van der Waals surface area (Å²) in [6, 6.07) is 2.09. The lowest BCUT2D eigenvalue weighted by Crippen LogP contribution is -2.37. The maximum atomic E-state index is 12.5. The van der Waals surface area contributed by atoms with Crippen LogP contribution in [0.2, 0.25) is 0 Å². The van der Waals surface area contributed by atoms with E-state index in [1.165, 1.54) is 12.8 Å². The number of pyridine rings is 1. The number of anilines is 3. The third kappa shape index (κ3) is 4.67. The number of aryl methyl sites for hydroxylation is 1. The van der Waals surface area contributed by atoms with Crippen LogP contribution in [0.5, 0.6) is 0 Å². The summed E-state index contributed by atoms with van der Waals surface area (Å²) in [6.07, 6.45) is 2.85. The Labute approximate surface area is 156 Å². The molecule has 144 valence electrons. The molecule has 3 heterocycles. The molecule has 1 amide bonds. The summed E-state index contributed by atoms with van der Waals surface area (Å²) in [5, 5.41) is 3.13. The summed E-state index contributed by atoms with van der Waals surface area (Å²) in [4.78, 5) is 22.1. The highest BCUT2D eigenvalue weighted by Gasteiger charge is 2.24. The predicted octanol–water partition coefficient (Wildman–Crippen LogP) is 3.20. The van der Waals surface area contributed by atoms with E-state index >= 15 is 0 Å². The van der Waals surface area contributed by atoms with Gasteiger partial charge in [0.05, 0.1) is 18.9 Å². The van der Waals surface area contributed by atoms with Crippen LogP contribution in [-0.2, 0) is 9.53 Å². The molecule has 0 saturated carbocycles. The Kier molecular flexibility index (Phi) is 5.70. The summed E-state index contributed by atoms with van der Waals surface area (Å²) < 4.78 is 5.48. The fraction of sp³-hybridized carbons (Fsp3) is 0.700. The van der Waals surface area contributed by atoms with E-state index in [0.717, 1.165) is 62.3 Å². The molecular weight excluding hydrogens is 328 g/mol. The van der Waals surface area contributed by atoms with E-state index in [2.05, 4.69) is 48.9 Å². The lowest BCUT2D eigenvalue weighted by atomic mass is 9.92. The average molecular weight is 361 g/mol. The van der Waals surface area contributed by atoms with Gasteiger partial charge in [-0.25, -0.2) is 4.98 Å². The molecule has 2 aliphatic heterocycles. The van der Waals surface area contributed by atoms with Crippen LogP contribution in [-0.4, -0.2) is 50.3 Å². The Bertz CT molecular complexity index is 642. The van der Waals surface area contributed by atoms with E-state index in [4.69, 9.17) is 9.72 Å². The number of carbonyl (C=O) groups is 1. The number of nitrogens with zero attached hydrogens (tertiary/aromatic N) is 3. The van der Waals surface area contributed by atoms with Crippen molar-refractivity contribution >= 4 is 23.2 Å². The number of hydrogen-bond donors (Lipinski definition) is 1. The summed E-state index contributed by atoms with van der Waals surface area (Å²) in [5.74, 6) is 1.99. The smallest absolute Gasteiger partial charge is 0.224 e. The van der Waals surface area contributed by atoms with Gasteiger partial charge in [0.25, 0.3) is 0 Å². The number of morpholine rings is 1. The molecule has 2 aliphatic rings. The quantitative estimate of drug-likeness (QED) is 0.893. The lowest BCUT2D eigenvalue weighted by Gasteiger charge is -2.31. The van der Waals surface area contributed by atoms with E-state index in [1.54, 1.807) is 0 Å². The van der Waals surface area contributed by atoms with E-state index < -0.39 is 0 Å². The van der Waals surface area contributed by atoms with Crippen molar-refractivity contribution < 1.29 is 9.53 Å². The van der Waals surface area contributed by atoms with E-state index in [1.807, 2.05) is 0 Å². The normalized spacial score (nSPS) is 18.3. The zero-order valence-electron chi connectivity index (χ0n) is 16.6. The number of aromatic nitrogens is 1. The van der Waals surface area contributed by atoms with Crippen molar-refractivity contribution in [2.75, 3.05) is 54.5 Å². The Balaban J connectivity index is 1.89. The molecule has 0 atom stereocenters. The number of ether oxygens (including phenoxy) is 1. The predicted molar refractivity (Wildman–Crippen MR) is 106 cm³/mol. The monoisotopic (exact) mass is 360 g/mol. The minimum absolute atomic E-state index is 0.0336. The van der Waals surface area contributed by atoms with Gasteiger partial charge in [-0.1, -0.05) is 20.8 Å². The average Bonchev–Trinajstić information content (AvgIpc) is 3.08. The summed E-state index contributed by atoms with van der Waals surface area (Å²) in [7, 11) is 0. The molecule has 3 rings (SSSR count). The summed E-state index contributed by atoms with van der Waals surface area (Å²) >= 11 is 0. The maximum Gasteiger partial charge on any atom is 0.224 e. The second-order valence-corrected chi connectivity index (χ2v) is 8.58. The largest absolute Gasteiger partial charge is 0.378 e. The second-order valence-electron chi connectivity index (χ2n) is 8.58. The van der Waals surface area contributed by atoms with Crippen LogP contribution in [0.1, 0.15) is 45.6 Å². The minimum atomic E-state index is -0.0336. The molecule has 0 spiro atoms. The first-order valence-electron chi connectivity index (χ1n) is 9.73.